The summed E-state index contributed by atoms with van der Waals surface area (Å²) in [5.74, 6) is 1.30. The minimum atomic E-state index is -0.146. The van der Waals surface area contributed by atoms with Crippen molar-refractivity contribution in [3.63, 3.8) is 0 Å². The summed E-state index contributed by atoms with van der Waals surface area (Å²) in [7, 11) is 3.07. The average molecular weight is 293 g/mol. The lowest BCUT2D eigenvalue weighted by molar-refractivity contribution is -0.148. The van der Waals surface area contributed by atoms with E-state index < -0.39 is 0 Å². The Morgan fingerprint density at radius 2 is 2.00 bits per heavy atom. The van der Waals surface area contributed by atoms with Crippen LogP contribution < -0.4 is 9.47 Å². The predicted molar refractivity (Wildman–Crippen MR) is 79.7 cm³/mol. The molecule has 0 spiro atoms. The van der Waals surface area contributed by atoms with Gasteiger partial charge in [-0.15, -0.1) is 0 Å². The van der Waals surface area contributed by atoms with Crippen molar-refractivity contribution >= 4 is 5.97 Å². The van der Waals surface area contributed by atoms with E-state index in [1.165, 1.54) is 7.11 Å². The number of benzene rings is 1. The van der Waals surface area contributed by atoms with Gasteiger partial charge in [0.05, 0.1) is 14.2 Å². The van der Waals surface area contributed by atoms with Crippen molar-refractivity contribution in [2.45, 2.75) is 25.3 Å². The Bertz CT molecular complexity index is 463. The third-order valence-corrected chi connectivity index (χ3v) is 3.79. The van der Waals surface area contributed by atoms with Crippen LogP contribution in [0.4, 0.5) is 0 Å². The molecule has 0 radical (unpaired) electrons. The Morgan fingerprint density at radius 1 is 1.24 bits per heavy atom. The smallest absolute Gasteiger partial charge is 0.323 e. The lowest BCUT2D eigenvalue weighted by Gasteiger charge is -2.33. The third kappa shape index (κ3) is 4.11. The molecule has 1 heterocycles. The molecule has 2 rings (SSSR count). The first kappa shape index (κ1) is 15.6. The molecule has 1 aromatic rings. The number of piperidine rings is 1. The fourth-order valence-electron chi connectivity index (χ4n) is 2.67. The van der Waals surface area contributed by atoms with E-state index in [-0.39, 0.29) is 12.0 Å². The van der Waals surface area contributed by atoms with Gasteiger partial charge in [0.2, 0.25) is 0 Å². The Hall–Kier alpha value is -1.75. The molecule has 1 aliphatic rings. The van der Waals surface area contributed by atoms with Gasteiger partial charge in [0.25, 0.3) is 0 Å². The van der Waals surface area contributed by atoms with Crippen LogP contribution in [0.15, 0.2) is 24.3 Å². The minimum absolute atomic E-state index is 0.134. The van der Waals surface area contributed by atoms with Gasteiger partial charge in [0.1, 0.15) is 12.6 Å². The SMILES string of the molecule is COC(=O)C1CCCCN1CCOc1ccccc1OC. The van der Waals surface area contributed by atoms with Gasteiger partial charge in [-0.25, -0.2) is 0 Å². The first-order valence-corrected chi connectivity index (χ1v) is 7.34. The van der Waals surface area contributed by atoms with Gasteiger partial charge in [0.15, 0.2) is 11.5 Å². The number of methoxy groups -OCH3 is 2. The van der Waals surface area contributed by atoms with Crippen molar-refractivity contribution < 1.29 is 19.0 Å². The van der Waals surface area contributed by atoms with Crippen molar-refractivity contribution in [3.05, 3.63) is 24.3 Å². The van der Waals surface area contributed by atoms with Crippen LogP contribution >= 0.6 is 0 Å². The van der Waals surface area contributed by atoms with E-state index in [0.717, 1.165) is 37.3 Å². The maximum atomic E-state index is 11.8. The molecule has 0 aliphatic carbocycles. The molecule has 5 heteroatoms. The van der Waals surface area contributed by atoms with Gasteiger partial charge >= 0.3 is 5.97 Å². The summed E-state index contributed by atoms with van der Waals surface area (Å²) in [6.07, 6.45) is 3.05. The highest BCUT2D eigenvalue weighted by Crippen LogP contribution is 2.26. The molecule has 1 aromatic carbocycles. The highest BCUT2D eigenvalue weighted by Gasteiger charge is 2.29. The monoisotopic (exact) mass is 293 g/mol. The van der Waals surface area contributed by atoms with Gasteiger partial charge in [-0.1, -0.05) is 18.6 Å². The molecule has 21 heavy (non-hydrogen) atoms. The topological polar surface area (TPSA) is 48.0 Å². The van der Waals surface area contributed by atoms with Crippen molar-refractivity contribution in [1.29, 1.82) is 0 Å². The Morgan fingerprint density at radius 3 is 2.71 bits per heavy atom. The molecule has 1 saturated heterocycles. The third-order valence-electron chi connectivity index (χ3n) is 3.79. The predicted octanol–water partition coefficient (Wildman–Crippen LogP) is 2.10. The van der Waals surface area contributed by atoms with E-state index in [4.69, 9.17) is 14.2 Å². The summed E-state index contributed by atoms with van der Waals surface area (Å²) in [5.41, 5.74) is 0. The Balaban J connectivity index is 1.87. The first-order valence-electron chi connectivity index (χ1n) is 7.34. The number of nitrogens with zero attached hydrogens (tertiary/aromatic N) is 1. The summed E-state index contributed by atoms with van der Waals surface area (Å²) in [6, 6.07) is 7.44. The van der Waals surface area contributed by atoms with Crippen LogP contribution in [0.25, 0.3) is 0 Å². The second-order valence-electron chi connectivity index (χ2n) is 5.07. The maximum Gasteiger partial charge on any atom is 0.323 e. The minimum Gasteiger partial charge on any atom is -0.493 e. The number of ether oxygens (including phenoxy) is 3. The van der Waals surface area contributed by atoms with Crippen LogP contribution in [-0.4, -0.2) is 50.8 Å². The molecule has 1 aliphatic heterocycles. The number of rotatable bonds is 6. The van der Waals surface area contributed by atoms with E-state index in [2.05, 4.69) is 4.90 Å². The van der Waals surface area contributed by atoms with Gasteiger partial charge in [-0.05, 0) is 31.5 Å². The zero-order chi connectivity index (χ0) is 15.1. The molecule has 0 N–H and O–H groups in total. The van der Waals surface area contributed by atoms with Gasteiger partial charge < -0.3 is 14.2 Å². The number of carbonyl (C=O) groups excluding carboxylic acids is 1. The lowest BCUT2D eigenvalue weighted by atomic mass is 10.0. The van der Waals surface area contributed by atoms with Crippen molar-refractivity contribution in [2.24, 2.45) is 0 Å². The van der Waals surface area contributed by atoms with Gasteiger partial charge in [0, 0.05) is 6.54 Å². The van der Waals surface area contributed by atoms with Crippen LogP contribution in [-0.2, 0) is 9.53 Å². The average Bonchev–Trinajstić information content (AvgIpc) is 2.55. The fourth-order valence-corrected chi connectivity index (χ4v) is 2.67. The summed E-state index contributed by atoms with van der Waals surface area (Å²) < 4.78 is 15.9. The summed E-state index contributed by atoms with van der Waals surface area (Å²) in [4.78, 5) is 13.9. The largest absolute Gasteiger partial charge is 0.493 e. The number of para-hydroxylation sites is 2. The Kier molecular flexibility index (Phi) is 5.87. The van der Waals surface area contributed by atoms with Crippen LogP contribution in [0, 0.1) is 0 Å². The molecular formula is C16H23NO4. The number of likely N-dealkylation sites (tertiary alicyclic amines) is 1. The molecule has 0 saturated carbocycles. The normalized spacial score (nSPS) is 19.0. The highest BCUT2D eigenvalue weighted by molar-refractivity contribution is 5.75. The van der Waals surface area contributed by atoms with Crippen LogP contribution in [0.3, 0.4) is 0 Å². The van der Waals surface area contributed by atoms with E-state index in [1.54, 1.807) is 7.11 Å². The summed E-state index contributed by atoms with van der Waals surface area (Å²) in [5, 5.41) is 0. The summed E-state index contributed by atoms with van der Waals surface area (Å²) >= 11 is 0. The second-order valence-corrected chi connectivity index (χ2v) is 5.07. The van der Waals surface area contributed by atoms with Gasteiger partial charge in [-0.3, -0.25) is 9.69 Å². The van der Waals surface area contributed by atoms with E-state index in [1.807, 2.05) is 24.3 Å². The molecular weight excluding hydrogens is 270 g/mol. The quantitative estimate of drug-likeness (QED) is 0.752. The number of esters is 1. The van der Waals surface area contributed by atoms with Gasteiger partial charge in [-0.2, -0.15) is 0 Å². The van der Waals surface area contributed by atoms with Crippen molar-refractivity contribution in [1.82, 2.24) is 4.90 Å². The van der Waals surface area contributed by atoms with E-state index in [9.17, 15) is 4.79 Å². The van der Waals surface area contributed by atoms with Crippen molar-refractivity contribution in [2.75, 3.05) is 33.9 Å². The fraction of sp³-hybridized carbons (Fsp3) is 0.562. The molecule has 1 unspecified atom stereocenters. The standard InChI is InChI=1S/C16H23NO4/c1-19-14-8-3-4-9-15(14)21-12-11-17-10-6-5-7-13(17)16(18)20-2/h3-4,8-9,13H,5-7,10-12H2,1-2H3. The molecule has 0 aromatic heterocycles. The number of hydrogen-bond donors (Lipinski definition) is 0. The number of carbonyl (C=O) groups is 1. The zero-order valence-electron chi connectivity index (χ0n) is 12.7. The Labute approximate surface area is 125 Å². The zero-order valence-corrected chi connectivity index (χ0v) is 12.7. The summed E-state index contributed by atoms with van der Waals surface area (Å²) in [6.45, 7) is 2.14. The lowest BCUT2D eigenvalue weighted by Crippen LogP contribution is -2.46. The van der Waals surface area contributed by atoms with Crippen LogP contribution in [0.1, 0.15) is 19.3 Å². The molecule has 5 nitrogen and oxygen atoms in total. The highest BCUT2D eigenvalue weighted by atomic mass is 16.5. The maximum absolute atomic E-state index is 11.8. The van der Waals surface area contributed by atoms with Crippen LogP contribution in [0.5, 0.6) is 11.5 Å². The van der Waals surface area contributed by atoms with Crippen molar-refractivity contribution in [3.8, 4) is 11.5 Å². The number of hydrogen-bond acceptors (Lipinski definition) is 5. The molecule has 116 valence electrons. The molecule has 1 atom stereocenters. The first-order chi connectivity index (χ1) is 10.3. The molecule has 1 fully saturated rings. The van der Waals surface area contributed by atoms with E-state index >= 15 is 0 Å². The molecule has 0 bridgehead atoms. The second kappa shape index (κ2) is 7.88. The van der Waals surface area contributed by atoms with E-state index in [0.29, 0.717) is 13.2 Å². The molecule has 0 amide bonds. The van der Waals surface area contributed by atoms with Crippen LogP contribution in [0.2, 0.25) is 0 Å².